The van der Waals surface area contributed by atoms with Crippen LogP contribution in [0.4, 0.5) is 15.8 Å². The van der Waals surface area contributed by atoms with E-state index in [9.17, 15) is 9.18 Å². The number of hydrogen-bond donors (Lipinski definition) is 2. The molecule has 0 saturated carbocycles. The van der Waals surface area contributed by atoms with Gasteiger partial charge in [0, 0.05) is 24.3 Å². The van der Waals surface area contributed by atoms with E-state index in [0.717, 1.165) is 19.4 Å². The Labute approximate surface area is 125 Å². The summed E-state index contributed by atoms with van der Waals surface area (Å²) in [7, 11) is 0. The van der Waals surface area contributed by atoms with Crippen LogP contribution in [0.25, 0.3) is 0 Å². The van der Waals surface area contributed by atoms with Gasteiger partial charge in [0.25, 0.3) is 0 Å². The summed E-state index contributed by atoms with van der Waals surface area (Å²) in [6.45, 7) is 6.83. The SMILES string of the molecule is CC(C)(C)C(=O)Nc1ccc(NCC2CCCO2)c(F)c1. The molecule has 1 aliphatic rings. The molecule has 0 bridgehead atoms. The first-order valence-corrected chi connectivity index (χ1v) is 7.33. The molecule has 1 heterocycles. The van der Waals surface area contributed by atoms with Gasteiger partial charge in [-0.3, -0.25) is 4.79 Å². The molecule has 1 unspecified atom stereocenters. The van der Waals surface area contributed by atoms with Crippen LogP contribution in [0.2, 0.25) is 0 Å². The van der Waals surface area contributed by atoms with Crippen LogP contribution in [-0.2, 0) is 9.53 Å². The molecule has 4 nitrogen and oxygen atoms in total. The largest absolute Gasteiger partial charge is 0.380 e. The van der Waals surface area contributed by atoms with Crippen molar-refractivity contribution in [2.75, 3.05) is 23.8 Å². The number of anilines is 2. The summed E-state index contributed by atoms with van der Waals surface area (Å²) in [5.41, 5.74) is 0.391. The molecule has 0 spiro atoms. The van der Waals surface area contributed by atoms with Crippen molar-refractivity contribution in [3.8, 4) is 0 Å². The molecule has 2 rings (SSSR count). The van der Waals surface area contributed by atoms with E-state index in [2.05, 4.69) is 10.6 Å². The van der Waals surface area contributed by atoms with Gasteiger partial charge < -0.3 is 15.4 Å². The second-order valence-corrected chi connectivity index (χ2v) is 6.41. The molecule has 116 valence electrons. The van der Waals surface area contributed by atoms with Crippen LogP contribution in [-0.4, -0.2) is 25.2 Å². The number of rotatable bonds is 4. The highest BCUT2D eigenvalue weighted by atomic mass is 19.1. The third-order valence-electron chi connectivity index (χ3n) is 3.45. The maximum Gasteiger partial charge on any atom is 0.229 e. The molecular formula is C16H23FN2O2. The molecule has 1 saturated heterocycles. The average Bonchev–Trinajstić information content (AvgIpc) is 2.89. The second kappa shape index (κ2) is 6.43. The number of halogens is 1. The lowest BCUT2D eigenvalue weighted by Gasteiger charge is -2.18. The zero-order valence-electron chi connectivity index (χ0n) is 12.8. The van der Waals surface area contributed by atoms with Crippen LogP contribution >= 0.6 is 0 Å². The Morgan fingerprint density at radius 2 is 2.19 bits per heavy atom. The van der Waals surface area contributed by atoms with Gasteiger partial charge in [-0.25, -0.2) is 4.39 Å². The fourth-order valence-electron chi connectivity index (χ4n) is 2.08. The Morgan fingerprint density at radius 1 is 1.43 bits per heavy atom. The lowest BCUT2D eigenvalue weighted by molar-refractivity contribution is -0.123. The molecule has 21 heavy (non-hydrogen) atoms. The van der Waals surface area contributed by atoms with Crippen LogP contribution in [0.3, 0.4) is 0 Å². The number of ether oxygens (including phenoxy) is 1. The lowest BCUT2D eigenvalue weighted by Crippen LogP contribution is -2.27. The standard InChI is InChI=1S/C16H23FN2O2/c1-16(2,3)15(20)19-11-6-7-14(13(17)9-11)18-10-12-5-4-8-21-12/h6-7,9,12,18H,4-5,8,10H2,1-3H3,(H,19,20). The van der Waals surface area contributed by atoms with E-state index in [0.29, 0.717) is 17.9 Å². The van der Waals surface area contributed by atoms with Crippen molar-refractivity contribution in [1.82, 2.24) is 0 Å². The van der Waals surface area contributed by atoms with E-state index in [1.165, 1.54) is 6.07 Å². The molecule has 0 radical (unpaired) electrons. The highest BCUT2D eigenvalue weighted by molar-refractivity contribution is 5.94. The molecule has 5 heteroatoms. The zero-order chi connectivity index (χ0) is 15.5. The van der Waals surface area contributed by atoms with Crippen molar-refractivity contribution in [3.63, 3.8) is 0 Å². The first kappa shape index (κ1) is 15.8. The number of nitrogens with one attached hydrogen (secondary N) is 2. The predicted octanol–water partition coefficient (Wildman–Crippen LogP) is 3.40. The van der Waals surface area contributed by atoms with E-state index in [1.807, 2.05) is 20.8 Å². The van der Waals surface area contributed by atoms with E-state index in [4.69, 9.17) is 4.74 Å². The van der Waals surface area contributed by atoms with Gasteiger partial charge in [-0.2, -0.15) is 0 Å². The first-order chi connectivity index (χ1) is 9.86. The molecule has 0 aliphatic carbocycles. The zero-order valence-corrected chi connectivity index (χ0v) is 12.8. The van der Waals surface area contributed by atoms with Gasteiger partial charge in [0.15, 0.2) is 0 Å². The van der Waals surface area contributed by atoms with Crippen LogP contribution in [0.1, 0.15) is 33.6 Å². The van der Waals surface area contributed by atoms with Gasteiger partial charge in [-0.15, -0.1) is 0 Å². The third kappa shape index (κ3) is 4.43. The van der Waals surface area contributed by atoms with Crippen molar-refractivity contribution in [2.45, 2.75) is 39.7 Å². The molecule has 1 aliphatic heterocycles. The van der Waals surface area contributed by atoms with E-state index in [1.54, 1.807) is 12.1 Å². The van der Waals surface area contributed by atoms with Crippen molar-refractivity contribution >= 4 is 17.3 Å². The molecule has 1 atom stereocenters. The minimum absolute atomic E-state index is 0.137. The molecular weight excluding hydrogens is 271 g/mol. The second-order valence-electron chi connectivity index (χ2n) is 6.41. The van der Waals surface area contributed by atoms with Crippen LogP contribution in [0.5, 0.6) is 0 Å². The van der Waals surface area contributed by atoms with Crippen molar-refractivity contribution in [2.24, 2.45) is 5.41 Å². The Hall–Kier alpha value is -1.62. The topological polar surface area (TPSA) is 50.4 Å². The maximum atomic E-state index is 14.0. The van der Waals surface area contributed by atoms with Gasteiger partial charge >= 0.3 is 0 Å². The predicted molar refractivity (Wildman–Crippen MR) is 81.9 cm³/mol. The summed E-state index contributed by atoms with van der Waals surface area (Å²) in [5.74, 6) is -0.512. The van der Waals surface area contributed by atoms with Gasteiger partial charge in [0.05, 0.1) is 11.8 Å². The van der Waals surface area contributed by atoms with Crippen molar-refractivity contribution in [3.05, 3.63) is 24.0 Å². The summed E-state index contributed by atoms with van der Waals surface area (Å²) in [5, 5.41) is 5.77. The summed E-state index contributed by atoms with van der Waals surface area (Å²) >= 11 is 0. The van der Waals surface area contributed by atoms with Crippen molar-refractivity contribution in [1.29, 1.82) is 0 Å². The molecule has 0 aromatic heterocycles. The van der Waals surface area contributed by atoms with Gasteiger partial charge in [0.2, 0.25) is 5.91 Å². The normalized spacial score (nSPS) is 18.6. The quantitative estimate of drug-likeness (QED) is 0.895. The fourth-order valence-corrected chi connectivity index (χ4v) is 2.08. The van der Waals surface area contributed by atoms with E-state index < -0.39 is 5.41 Å². The van der Waals surface area contributed by atoms with E-state index >= 15 is 0 Å². The van der Waals surface area contributed by atoms with Crippen LogP contribution < -0.4 is 10.6 Å². The van der Waals surface area contributed by atoms with Crippen LogP contribution in [0, 0.1) is 11.2 Å². The number of hydrogen-bond acceptors (Lipinski definition) is 3. The van der Waals surface area contributed by atoms with Gasteiger partial charge in [-0.1, -0.05) is 20.8 Å². The lowest BCUT2D eigenvalue weighted by atomic mass is 9.95. The first-order valence-electron chi connectivity index (χ1n) is 7.33. The molecule has 1 fully saturated rings. The molecule has 1 amide bonds. The summed E-state index contributed by atoms with van der Waals surface area (Å²) in [6.07, 6.45) is 2.23. The summed E-state index contributed by atoms with van der Waals surface area (Å²) in [6, 6.07) is 4.68. The molecule has 2 N–H and O–H groups in total. The third-order valence-corrected chi connectivity index (χ3v) is 3.45. The number of amides is 1. The Kier molecular flexibility index (Phi) is 4.83. The van der Waals surface area contributed by atoms with E-state index in [-0.39, 0.29) is 17.8 Å². The number of carbonyl (C=O) groups excluding carboxylic acids is 1. The number of carbonyl (C=O) groups is 1. The highest BCUT2D eigenvalue weighted by Crippen LogP contribution is 2.22. The summed E-state index contributed by atoms with van der Waals surface area (Å²) in [4.78, 5) is 11.9. The fraction of sp³-hybridized carbons (Fsp3) is 0.562. The van der Waals surface area contributed by atoms with Gasteiger partial charge in [0.1, 0.15) is 5.82 Å². The van der Waals surface area contributed by atoms with Crippen LogP contribution in [0.15, 0.2) is 18.2 Å². The minimum atomic E-state index is -0.507. The minimum Gasteiger partial charge on any atom is -0.380 e. The Morgan fingerprint density at radius 3 is 2.76 bits per heavy atom. The Balaban J connectivity index is 1.95. The maximum absolute atomic E-state index is 14.0. The van der Waals surface area contributed by atoms with Gasteiger partial charge in [-0.05, 0) is 31.0 Å². The smallest absolute Gasteiger partial charge is 0.229 e. The molecule has 1 aromatic carbocycles. The Bertz CT molecular complexity index is 505. The highest BCUT2D eigenvalue weighted by Gasteiger charge is 2.21. The molecule has 1 aromatic rings. The average molecular weight is 294 g/mol. The summed E-state index contributed by atoms with van der Waals surface area (Å²) < 4.78 is 19.5. The monoisotopic (exact) mass is 294 g/mol. The van der Waals surface area contributed by atoms with Crippen molar-refractivity contribution < 1.29 is 13.9 Å². The number of benzene rings is 1.